The minimum absolute atomic E-state index is 0.00112. The van der Waals surface area contributed by atoms with Crippen molar-refractivity contribution in [1.82, 2.24) is 15.0 Å². The monoisotopic (exact) mass is 576 g/mol. The zero-order valence-electron chi connectivity index (χ0n) is 24.4. The summed E-state index contributed by atoms with van der Waals surface area (Å²) in [6.07, 6.45) is 6.26. The number of carbonyl (C=O) groups is 1. The maximum atomic E-state index is 13.5. The molecule has 1 aromatic heterocycles. The quantitative estimate of drug-likeness (QED) is 0.462. The lowest BCUT2D eigenvalue weighted by atomic mass is 9.89. The molecule has 0 unspecified atom stereocenters. The number of aryl methyl sites for hydroxylation is 2. The molecule has 0 bridgehead atoms. The van der Waals surface area contributed by atoms with Crippen molar-refractivity contribution in [2.24, 2.45) is 11.8 Å². The van der Waals surface area contributed by atoms with Crippen LogP contribution in [0.2, 0.25) is 0 Å². The normalized spacial score (nSPS) is 21.8. The lowest BCUT2D eigenvalue weighted by Gasteiger charge is -2.35. The van der Waals surface area contributed by atoms with Crippen LogP contribution in [0.1, 0.15) is 63.0 Å². The SMILES string of the molecule is Cc1noc(C)c1S(=O)(=O)Nc1ccc2c(c1)CC(=O)N([C@H](C)CO)C[C@H](C)[C@H](CN(C)CC1CCCCC1)O2. The average Bonchev–Trinajstić information content (AvgIpc) is 3.27. The molecular formula is C29H44N4O6S. The van der Waals surface area contributed by atoms with Gasteiger partial charge in [0.2, 0.25) is 5.91 Å². The molecule has 0 spiro atoms. The number of nitrogens with zero attached hydrogens (tertiary/aromatic N) is 3. The van der Waals surface area contributed by atoms with Gasteiger partial charge in [0.25, 0.3) is 10.0 Å². The summed E-state index contributed by atoms with van der Waals surface area (Å²) < 4.78 is 40.5. The van der Waals surface area contributed by atoms with E-state index in [0.29, 0.717) is 36.0 Å². The number of rotatable bonds is 9. The number of sulfonamides is 1. The Labute approximate surface area is 238 Å². The molecule has 40 heavy (non-hydrogen) atoms. The molecule has 1 aliphatic carbocycles. The van der Waals surface area contributed by atoms with Crippen molar-refractivity contribution in [2.45, 2.75) is 83.3 Å². The number of ether oxygens (including phenoxy) is 1. The van der Waals surface area contributed by atoms with Crippen molar-refractivity contribution in [3.8, 4) is 5.75 Å². The van der Waals surface area contributed by atoms with Gasteiger partial charge in [-0.2, -0.15) is 0 Å². The summed E-state index contributed by atoms with van der Waals surface area (Å²) in [5.74, 6) is 1.33. The minimum Gasteiger partial charge on any atom is -0.488 e. The number of anilines is 1. The van der Waals surface area contributed by atoms with Crippen LogP contribution in [0.4, 0.5) is 5.69 Å². The van der Waals surface area contributed by atoms with Crippen molar-refractivity contribution in [1.29, 1.82) is 0 Å². The number of likely N-dealkylation sites (N-methyl/N-ethyl adjacent to an activating group) is 1. The largest absolute Gasteiger partial charge is 0.488 e. The Hall–Kier alpha value is -2.63. The highest BCUT2D eigenvalue weighted by molar-refractivity contribution is 7.92. The van der Waals surface area contributed by atoms with Crippen LogP contribution in [0, 0.1) is 25.7 Å². The van der Waals surface area contributed by atoms with E-state index in [-0.39, 0.29) is 53.3 Å². The maximum absolute atomic E-state index is 13.5. The summed E-state index contributed by atoms with van der Waals surface area (Å²) in [4.78, 5) is 17.5. The van der Waals surface area contributed by atoms with Gasteiger partial charge in [0.15, 0.2) is 10.7 Å². The first-order valence-electron chi connectivity index (χ1n) is 14.3. The van der Waals surface area contributed by atoms with Crippen molar-refractivity contribution in [2.75, 3.05) is 38.0 Å². The molecule has 1 amide bonds. The first kappa shape index (κ1) is 30.3. The number of fused-ring (bicyclic) bond motifs is 1. The fourth-order valence-electron chi connectivity index (χ4n) is 5.97. The van der Waals surface area contributed by atoms with Gasteiger partial charge < -0.3 is 24.2 Å². The highest BCUT2D eigenvalue weighted by Gasteiger charge is 2.32. The zero-order valence-corrected chi connectivity index (χ0v) is 25.2. The van der Waals surface area contributed by atoms with E-state index in [1.54, 1.807) is 36.9 Å². The summed E-state index contributed by atoms with van der Waals surface area (Å²) >= 11 is 0. The third kappa shape index (κ3) is 7.16. The topological polar surface area (TPSA) is 125 Å². The molecule has 2 heterocycles. The molecule has 2 aliphatic rings. The molecule has 2 aromatic rings. The minimum atomic E-state index is -3.95. The van der Waals surface area contributed by atoms with E-state index < -0.39 is 10.0 Å². The van der Waals surface area contributed by atoms with Gasteiger partial charge in [-0.1, -0.05) is 31.3 Å². The first-order chi connectivity index (χ1) is 19.0. The summed E-state index contributed by atoms with van der Waals surface area (Å²) in [7, 11) is -1.83. The third-order valence-corrected chi connectivity index (χ3v) is 9.82. The van der Waals surface area contributed by atoms with Crippen molar-refractivity contribution in [3.05, 3.63) is 35.2 Å². The number of nitrogens with one attached hydrogen (secondary N) is 1. The van der Waals surface area contributed by atoms with Crippen molar-refractivity contribution < 1.29 is 27.6 Å². The van der Waals surface area contributed by atoms with Crippen LogP contribution in [-0.4, -0.2) is 79.8 Å². The number of carbonyl (C=O) groups excluding carboxylic acids is 1. The van der Waals surface area contributed by atoms with Gasteiger partial charge in [-0.15, -0.1) is 0 Å². The molecule has 222 valence electrons. The standard InChI is InChI=1S/C29H44N4O6S/c1-19-15-33(20(2)18-34)28(35)14-24-13-25(31-40(36,37)29-21(3)30-39-22(29)4)11-12-26(24)38-27(19)17-32(5)16-23-9-7-6-8-10-23/h11-13,19-20,23,27,31,34H,6-10,14-18H2,1-5H3/t19-,20+,27-/m0/s1. The number of amides is 1. The Bertz CT molecular complexity index is 1250. The van der Waals surface area contributed by atoms with Gasteiger partial charge in [0.1, 0.15) is 17.5 Å². The Morgan fingerprint density at radius 2 is 1.93 bits per heavy atom. The zero-order chi connectivity index (χ0) is 29.0. The number of aliphatic hydroxyl groups is 1. The smallest absolute Gasteiger partial charge is 0.267 e. The second-order valence-electron chi connectivity index (χ2n) is 11.7. The predicted octanol–water partition coefficient (Wildman–Crippen LogP) is 3.75. The fourth-order valence-corrected chi connectivity index (χ4v) is 7.35. The van der Waals surface area contributed by atoms with Crippen LogP contribution in [0.25, 0.3) is 0 Å². The van der Waals surface area contributed by atoms with Gasteiger partial charge in [0.05, 0.1) is 19.1 Å². The molecule has 1 aliphatic heterocycles. The summed E-state index contributed by atoms with van der Waals surface area (Å²) in [5, 5.41) is 13.7. The molecule has 1 saturated carbocycles. The Balaban J connectivity index is 1.61. The summed E-state index contributed by atoms with van der Waals surface area (Å²) in [6, 6.07) is 4.69. The summed E-state index contributed by atoms with van der Waals surface area (Å²) in [6.45, 7) is 9.07. The van der Waals surface area contributed by atoms with Gasteiger partial charge in [0, 0.05) is 36.8 Å². The number of aliphatic hydroxyl groups excluding tert-OH is 1. The van der Waals surface area contributed by atoms with E-state index in [1.807, 2.05) is 6.92 Å². The molecule has 0 radical (unpaired) electrons. The molecule has 0 saturated heterocycles. The lowest BCUT2D eigenvalue weighted by molar-refractivity contribution is -0.134. The van der Waals surface area contributed by atoms with Gasteiger partial charge in [-0.25, -0.2) is 8.42 Å². The molecule has 11 heteroatoms. The van der Waals surface area contributed by atoms with Crippen LogP contribution >= 0.6 is 0 Å². The Kier molecular flexibility index (Phi) is 9.79. The van der Waals surface area contributed by atoms with Gasteiger partial charge in [-0.3, -0.25) is 9.52 Å². The Morgan fingerprint density at radius 3 is 2.58 bits per heavy atom. The van der Waals surface area contributed by atoms with E-state index in [4.69, 9.17) is 9.26 Å². The molecule has 4 rings (SSSR count). The number of aromatic nitrogens is 1. The van der Waals surface area contributed by atoms with E-state index in [2.05, 4.69) is 28.8 Å². The lowest BCUT2D eigenvalue weighted by Crippen LogP contribution is -2.48. The highest BCUT2D eigenvalue weighted by atomic mass is 32.2. The molecular weight excluding hydrogens is 532 g/mol. The van der Waals surface area contributed by atoms with E-state index >= 15 is 0 Å². The third-order valence-electron chi connectivity index (χ3n) is 8.19. The second-order valence-corrected chi connectivity index (χ2v) is 13.3. The highest BCUT2D eigenvalue weighted by Crippen LogP contribution is 2.31. The van der Waals surface area contributed by atoms with Crippen LogP contribution in [0.5, 0.6) is 5.75 Å². The average molecular weight is 577 g/mol. The van der Waals surface area contributed by atoms with Crippen LogP contribution in [0.15, 0.2) is 27.6 Å². The maximum Gasteiger partial charge on any atom is 0.267 e. The number of hydrogen-bond acceptors (Lipinski definition) is 8. The first-order valence-corrected chi connectivity index (χ1v) is 15.8. The Morgan fingerprint density at radius 1 is 1.20 bits per heavy atom. The fraction of sp³-hybridized carbons (Fsp3) is 0.655. The van der Waals surface area contributed by atoms with Crippen molar-refractivity contribution in [3.63, 3.8) is 0 Å². The van der Waals surface area contributed by atoms with E-state index in [1.165, 1.54) is 32.1 Å². The van der Waals surface area contributed by atoms with Crippen LogP contribution in [0.3, 0.4) is 0 Å². The predicted molar refractivity (Wildman–Crippen MR) is 153 cm³/mol. The summed E-state index contributed by atoms with van der Waals surface area (Å²) in [5.41, 5.74) is 1.18. The van der Waals surface area contributed by atoms with Gasteiger partial charge >= 0.3 is 0 Å². The van der Waals surface area contributed by atoms with E-state index in [9.17, 15) is 18.3 Å². The molecule has 3 atom stereocenters. The molecule has 10 nitrogen and oxygen atoms in total. The van der Waals surface area contributed by atoms with Crippen molar-refractivity contribution >= 4 is 21.6 Å². The number of benzene rings is 1. The number of hydrogen-bond donors (Lipinski definition) is 2. The second kappa shape index (κ2) is 12.9. The van der Waals surface area contributed by atoms with Crippen LogP contribution in [-0.2, 0) is 21.2 Å². The van der Waals surface area contributed by atoms with Crippen LogP contribution < -0.4 is 9.46 Å². The molecule has 1 fully saturated rings. The van der Waals surface area contributed by atoms with Gasteiger partial charge in [-0.05, 0) is 64.8 Å². The molecule has 2 N–H and O–H groups in total. The molecule has 1 aromatic carbocycles. The van der Waals surface area contributed by atoms with E-state index in [0.717, 1.165) is 6.54 Å².